The van der Waals surface area contributed by atoms with Crippen LogP contribution in [0.25, 0.3) is 0 Å². The number of rotatable bonds is 5. The van der Waals surface area contributed by atoms with Gasteiger partial charge in [0.25, 0.3) is 5.91 Å². The van der Waals surface area contributed by atoms with E-state index < -0.39 is 0 Å². The van der Waals surface area contributed by atoms with Crippen molar-refractivity contribution in [3.8, 4) is 0 Å². The van der Waals surface area contributed by atoms with E-state index in [1.807, 2.05) is 24.3 Å². The van der Waals surface area contributed by atoms with Gasteiger partial charge in [0.15, 0.2) is 5.76 Å². The zero-order valence-corrected chi connectivity index (χ0v) is 16.4. The molecule has 2 saturated heterocycles. The Morgan fingerprint density at radius 2 is 1.69 bits per heavy atom. The maximum Gasteiger partial charge on any atom is 0.289 e. The Kier molecular flexibility index (Phi) is 6.12. The molecule has 0 bridgehead atoms. The normalized spacial score (nSPS) is 17.9. The van der Waals surface area contributed by atoms with Gasteiger partial charge >= 0.3 is 0 Å². The summed E-state index contributed by atoms with van der Waals surface area (Å²) in [6, 6.07) is 11.3. The molecule has 0 aliphatic carbocycles. The molecule has 2 aliphatic rings. The van der Waals surface area contributed by atoms with Crippen molar-refractivity contribution in [3.63, 3.8) is 0 Å². The number of amides is 2. The molecule has 1 aromatic carbocycles. The Bertz CT molecular complexity index is 825. The molecule has 0 unspecified atom stereocenters. The predicted molar refractivity (Wildman–Crippen MR) is 109 cm³/mol. The Hall–Kier alpha value is -2.84. The molecule has 0 radical (unpaired) electrons. The lowest BCUT2D eigenvalue weighted by Crippen LogP contribution is -2.50. The van der Waals surface area contributed by atoms with E-state index in [4.69, 9.17) is 9.15 Å². The fourth-order valence-electron chi connectivity index (χ4n) is 3.72. The summed E-state index contributed by atoms with van der Waals surface area (Å²) in [5.41, 5.74) is 1.85. The molecular formula is C21H26N4O4. The lowest BCUT2D eigenvalue weighted by atomic mass is 10.2. The fourth-order valence-corrected chi connectivity index (χ4v) is 3.72. The molecule has 0 saturated carbocycles. The van der Waals surface area contributed by atoms with E-state index in [-0.39, 0.29) is 11.8 Å². The van der Waals surface area contributed by atoms with Crippen LogP contribution < -0.4 is 10.2 Å². The number of hydrogen-bond donors (Lipinski definition) is 1. The molecule has 8 nitrogen and oxygen atoms in total. The largest absolute Gasteiger partial charge is 0.459 e. The quantitative estimate of drug-likeness (QED) is 0.823. The van der Waals surface area contributed by atoms with Crippen LogP contribution >= 0.6 is 0 Å². The molecule has 0 atom stereocenters. The predicted octanol–water partition coefficient (Wildman–Crippen LogP) is 1.51. The van der Waals surface area contributed by atoms with Crippen LogP contribution in [-0.2, 0) is 9.53 Å². The van der Waals surface area contributed by atoms with Gasteiger partial charge in [-0.2, -0.15) is 0 Å². The average Bonchev–Trinajstić information content (AvgIpc) is 3.30. The zero-order chi connectivity index (χ0) is 20.1. The fraction of sp³-hybridized carbons (Fsp3) is 0.429. The van der Waals surface area contributed by atoms with Gasteiger partial charge in [0.05, 0.1) is 37.4 Å². The third kappa shape index (κ3) is 4.78. The SMILES string of the molecule is O=C(CN1CCN(C(=O)c2ccco2)CC1)Nc1ccccc1N1CCOCC1. The third-order valence-corrected chi connectivity index (χ3v) is 5.29. The monoisotopic (exact) mass is 398 g/mol. The van der Waals surface area contributed by atoms with Crippen molar-refractivity contribution in [1.82, 2.24) is 9.80 Å². The van der Waals surface area contributed by atoms with E-state index in [0.717, 1.165) is 24.5 Å². The minimum atomic E-state index is -0.0986. The van der Waals surface area contributed by atoms with Gasteiger partial charge in [-0.3, -0.25) is 14.5 Å². The van der Waals surface area contributed by atoms with Gasteiger partial charge in [-0.25, -0.2) is 0 Å². The number of morpholine rings is 1. The first kappa shape index (κ1) is 19.5. The minimum absolute atomic E-state index is 0.0449. The second-order valence-electron chi connectivity index (χ2n) is 7.21. The summed E-state index contributed by atoms with van der Waals surface area (Å²) in [7, 11) is 0. The van der Waals surface area contributed by atoms with E-state index in [0.29, 0.717) is 51.7 Å². The second kappa shape index (κ2) is 9.11. The molecular weight excluding hydrogens is 372 g/mol. The highest BCUT2D eigenvalue weighted by Gasteiger charge is 2.25. The number of nitrogens with zero attached hydrogens (tertiary/aromatic N) is 3. The van der Waals surface area contributed by atoms with E-state index in [1.54, 1.807) is 17.0 Å². The summed E-state index contributed by atoms with van der Waals surface area (Å²) >= 11 is 0. The Morgan fingerprint density at radius 1 is 0.931 bits per heavy atom. The van der Waals surface area contributed by atoms with Crippen LogP contribution in [0.15, 0.2) is 47.1 Å². The van der Waals surface area contributed by atoms with E-state index in [1.165, 1.54) is 6.26 Å². The highest BCUT2D eigenvalue weighted by atomic mass is 16.5. The first-order valence-corrected chi connectivity index (χ1v) is 9.97. The molecule has 3 heterocycles. The van der Waals surface area contributed by atoms with Crippen LogP contribution in [0, 0.1) is 0 Å². The number of carbonyl (C=O) groups excluding carboxylic acids is 2. The lowest BCUT2D eigenvalue weighted by Gasteiger charge is -2.34. The van der Waals surface area contributed by atoms with E-state index in [9.17, 15) is 9.59 Å². The topological polar surface area (TPSA) is 78.3 Å². The van der Waals surface area contributed by atoms with E-state index in [2.05, 4.69) is 15.1 Å². The standard InChI is InChI=1S/C21H26N4O4/c26-20(22-17-4-1-2-5-18(17)24-11-14-28-15-12-24)16-23-7-9-25(10-8-23)21(27)19-6-3-13-29-19/h1-6,13H,7-12,14-16H2,(H,22,26). The number of furan rings is 1. The summed E-state index contributed by atoms with van der Waals surface area (Å²) < 4.78 is 10.6. The highest BCUT2D eigenvalue weighted by molar-refractivity contribution is 5.95. The lowest BCUT2D eigenvalue weighted by molar-refractivity contribution is -0.117. The maximum atomic E-state index is 12.6. The van der Waals surface area contributed by atoms with Gasteiger partial charge in [-0.05, 0) is 24.3 Å². The van der Waals surface area contributed by atoms with Crippen LogP contribution in [0.4, 0.5) is 11.4 Å². The highest BCUT2D eigenvalue weighted by Crippen LogP contribution is 2.26. The van der Waals surface area contributed by atoms with Gasteiger partial charge < -0.3 is 24.3 Å². The number of para-hydroxylation sites is 2. The smallest absolute Gasteiger partial charge is 0.289 e. The van der Waals surface area contributed by atoms with Crippen molar-refractivity contribution in [2.75, 3.05) is 69.2 Å². The van der Waals surface area contributed by atoms with Gasteiger partial charge in [0.1, 0.15) is 0 Å². The van der Waals surface area contributed by atoms with Crippen LogP contribution in [0.1, 0.15) is 10.6 Å². The van der Waals surface area contributed by atoms with Gasteiger partial charge in [-0.15, -0.1) is 0 Å². The molecule has 29 heavy (non-hydrogen) atoms. The Morgan fingerprint density at radius 3 is 2.41 bits per heavy atom. The molecule has 2 amide bonds. The van der Waals surface area contributed by atoms with Crippen molar-refractivity contribution in [2.45, 2.75) is 0 Å². The van der Waals surface area contributed by atoms with Crippen molar-refractivity contribution in [1.29, 1.82) is 0 Å². The van der Waals surface area contributed by atoms with Crippen LogP contribution in [0.2, 0.25) is 0 Å². The molecule has 0 spiro atoms. The van der Waals surface area contributed by atoms with Crippen LogP contribution in [-0.4, -0.2) is 80.6 Å². The number of hydrogen-bond acceptors (Lipinski definition) is 6. The van der Waals surface area contributed by atoms with Gasteiger partial charge in [0, 0.05) is 39.3 Å². The molecule has 154 valence electrons. The van der Waals surface area contributed by atoms with Crippen molar-refractivity contribution < 1.29 is 18.7 Å². The first-order valence-electron chi connectivity index (χ1n) is 9.97. The van der Waals surface area contributed by atoms with Gasteiger partial charge in [0.2, 0.25) is 5.91 Å². The summed E-state index contributed by atoms with van der Waals surface area (Å²) in [4.78, 5) is 31.0. The first-order chi connectivity index (χ1) is 14.2. The number of piperazine rings is 1. The third-order valence-electron chi connectivity index (χ3n) is 5.29. The van der Waals surface area contributed by atoms with E-state index >= 15 is 0 Å². The summed E-state index contributed by atoms with van der Waals surface area (Å²) in [6.45, 7) is 5.81. The molecule has 2 aromatic rings. The number of anilines is 2. The minimum Gasteiger partial charge on any atom is -0.459 e. The van der Waals surface area contributed by atoms with Crippen LogP contribution in [0.3, 0.4) is 0 Å². The number of ether oxygens (including phenoxy) is 1. The number of benzene rings is 1. The Labute approximate surface area is 170 Å². The summed E-state index contributed by atoms with van der Waals surface area (Å²) in [5.74, 6) is 0.214. The molecule has 1 N–H and O–H groups in total. The molecule has 1 aromatic heterocycles. The summed E-state index contributed by atoms with van der Waals surface area (Å²) in [5, 5.41) is 3.05. The van der Waals surface area contributed by atoms with Crippen LogP contribution in [0.5, 0.6) is 0 Å². The second-order valence-corrected chi connectivity index (χ2v) is 7.21. The van der Waals surface area contributed by atoms with Crippen molar-refractivity contribution in [3.05, 3.63) is 48.4 Å². The maximum absolute atomic E-state index is 12.6. The van der Waals surface area contributed by atoms with Crippen molar-refractivity contribution >= 4 is 23.2 Å². The molecule has 2 fully saturated rings. The van der Waals surface area contributed by atoms with Gasteiger partial charge in [-0.1, -0.05) is 12.1 Å². The zero-order valence-electron chi connectivity index (χ0n) is 16.4. The summed E-state index contributed by atoms with van der Waals surface area (Å²) in [6.07, 6.45) is 1.50. The number of nitrogens with one attached hydrogen (secondary N) is 1. The average molecular weight is 398 g/mol. The van der Waals surface area contributed by atoms with Crippen molar-refractivity contribution in [2.24, 2.45) is 0 Å². The molecule has 8 heteroatoms. The Balaban J connectivity index is 1.29. The number of carbonyl (C=O) groups is 2. The molecule has 2 aliphatic heterocycles. The molecule has 4 rings (SSSR count).